The van der Waals surface area contributed by atoms with Gasteiger partial charge in [0.25, 0.3) is 5.88 Å². The van der Waals surface area contributed by atoms with Crippen LogP contribution in [0.15, 0.2) is 29.4 Å². The maximum absolute atomic E-state index is 12.7. The van der Waals surface area contributed by atoms with E-state index in [0.717, 1.165) is 11.1 Å². The summed E-state index contributed by atoms with van der Waals surface area (Å²) in [5.41, 5.74) is 3.10. The summed E-state index contributed by atoms with van der Waals surface area (Å²) in [6.45, 7) is 1.43. The van der Waals surface area contributed by atoms with Gasteiger partial charge in [0.2, 0.25) is 0 Å². The molecular formula is C29H38N2O11. The molecule has 0 unspecified atom stereocenters. The van der Waals surface area contributed by atoms with E-state index < -0.39 is 43.1 Å². The third-order valence-electron chi connectivity index (χ3n) is 7.63. The van der Waals surface area contributed by atoms with Crippen LogP contribution in [0, 0.1) is 0 Å². The minimum Gasteiger partial charge on any atom is -0.493 e. The first-order chi connectivity index (χ1) is 20.2. The van der Waals surface area contributed by atoms with Crippen molar-refractivity contribution in [2.45, 2.75) is 68.7 Å². The molecule has 13 heteroatoms. The molecule has 0 bridgehead atoms. The normalized spacial score (nSPS) is 22.4. The maximum Gasteiger partial charge on any atom is 0.338 e. The van der Waals surface area contributed by atoms with Crippen molar-refractivity contribution in [3.05, 3.63) is 41.1 Å². The average molecular weight is 591 g/mol. The lowest BCUT2D eigenvalue weighted by Crippen LogP contribution is -2.50. The number of carbonyl (C=O) groups excluding carboxylic acids is 1. The van der Waals surface area contributed by atoms with Crippen molar-refractivity contribution in [2.24, 2.45) is 4.99 Å². The summed E-state index contributed by atoms with van der Waals surface area (Å²) in [7, 11) is 4.59. The van der Waals surface area contributed by atoms with E-state index in [4.69, 9.17) is 33.8 Å². The molecule has 0 saturated heterocycles. The Kier molecular flexibility index (Phi) is 10.2. The number of aliphatic hydroxyl groups is 5. The Balaban J connectivity index is 1.65. The van der Waals surface area contributed by atoms with Gasteiger partial charge in [-0.15, -0.1) is 0 Å². The molecule has 13 nitrogen and oxygen atoms in total. The topological polar surface area (TPSA) is 190 Å². The van der Waals surface area contributed by atoms with Crippen LogP contribution in [-0.4, -0.2) is 113 Å². The van der Waals surface area contributed by atoms with Crippen LogP contribution < -0.4 is 18.9 Å². The van der Waals surface area contributed by atoms with Crippen molar-refractivity contribution < 1.29 is 54.0 Å². The molecule has 4 rings (SSSR count). The van der Waals surface area contributed by atoms with E-state index in [1.807, 2.05) is 19.1 Å². The summed E-state index contributed by atoms with van der Waals surface area (Å²) in [6.07, 6.45) is -5.45. The van der Waals surface area contributed by atoms with Gasteiger partial charge in [-0.1, -0.05) is 0 Å². The number of aromatic nitrogens is 1. The van der Waals surface area contributed by atoms with Crippen LogP contribution in [0.5, 0.6) is 23.1 Å². The van der Waals surface area contributed by atoms with E-state index in [9.17, 15) is 25.2 Å². The fourth-order valence-corrected chi connectivity index (χ4v) is 5.45. The Morgan fingerprint density at radius 1 is 0.976 bits per heavy atom. The number of rotatable bonds is 12. The summed E-state index contributed by atoms with van der Waals surface area (Å²) in [5.74, 6) is 0.544. The van der Waals surface area contributed by atoms with E-state index >= 15 is 0 Å². The Morgan fingerprint density at radius 3 is 2.36 bits per heavy atom. The van der Waals surface area contributed by atoms with Gasteiger partial charge in [0, 0.05) is 23.2 Å². The number of aliphatic imine (C=N–C) groups is 1. The van der Waals surface area contributed by atoms with Crippen LogP contribution in [0.4, 0.5) is 0 Å². The number of hydrogen-bond acceptors (Lipinski definition) is 13. The van der Waals surface area contributed by atoms with Crippen molar-refractivity contribution in [2.75, 3.05) is 34.5 Å². The van der Waals surface area contributed by atoms with Crippen molar-refractivity contribution in [3.63, 3.8) is 0 Å². The van der Waals surface area contributed by atoms with E-state index in [0.29, 0.717) is 60.3 Å². The first-order valence-electron chi connectivity index (χ1n) is 13.7. The van der Waals surface area contributed by atoms with E-state index in [-0.39, 0.29) is 12.0 Å². The highest BCUT2D eigenvalue weighted by atomic mass is 16.6. The van der Waals surface area contributed by atoms with Gasteiger partial charge < -0.3 is 49.2 Å². The van der Waals surface area contributed by atoms with Crippen molar-refractivity contribution in [1.82, 2.24) is 4.98 Å². The molecule has 5 N–H and O–H groups in total. The Morgan fingerprint density at radius 2 is 1.71 bits per heavy atom. The number of aliphatic hydroxyl groups excluding tert-OH is 5. The van der Waals surface area contributed by atoms with Gasteiger partial charge in [0.15, 0.2) is 23.4 Å². The Labute approximate surface area is 243 Å². The largest absolute Gasteiger partial charge is 0.493 e. The summed E-state index contributed by atoms with van der Waals surface area (Å²) in [5, 5.41) is 48.8. The molecule has 0 amide bonds. The van der Waals surface area contributed by atoms with Gasteiger partial charge in [0.1, 0.15) is 24.4 Å². The highest BCUT2D eigenvalue weighted by Gasteiger charge is 2.41. The lowest BCUT2D eigenvalue weighted by Gasteiger charge is -2.39. The highest BCUT2D eigenvalue weighted by molar-refractivity contribution is 6.15. The molecule has 0 spiro atoms. The zero-order valence-corrected chi connectivity index (χ0v) is 24.0. The molecule has 2 aromatic rings. The van der Waals surface area contributed by atoms with Crippen molar-refractivity contribution >= 4 is 11.7 Å². The molecule has 0 radical (unpaired) electrons. The fourth-order valence-electron chi connectivity index (χ4n) is 5.45. The molecule has 1 aliphatic carbocycles. The van der Waals surface area contributed by atoms with Gasteiger partial charge in [-0.3, -0.25) is 4.99 Å². The molecule has 1 fully saturated rings. The number of fused-ring (bicyclic) bond motifs is 3. The lowest BCUT2D eigenvalue weighted by molar-refractivity contribution is -0.176. The van der Waals surface area contributed by atoms with Gasteiger partial charge >= 0.3 is 5.97 Å². The van der Waals surface area contributed by atoms with Crippen molar-refractivity contribution in [3.8, 4) is 23.1 Å². The van der Waals surface area contributed by atoms with E-state index in [1.165, 1.54) is 14.2 Å². The lowest BCUT2D eigenvalue weighted by atomic mass is 9.74. The highest BCUT2D eigenvalue weighted by Crippen LogP contribution is 2.46. The molecule has 7 atom stereocenters. The first-order valence-corrected chi connectivity index (χ1v) is 13.7. The van der Waals surface area contributed by atoms with Crippen LogP contribution in [0.3, 0.4) is 0 Å². The minimum absolute atomic E-state index is 0.171. The maximum atomic E-state index is 12.7. The average Bonchev–Trinajstić information content (AvgIpc) is 3.02. The standard InChI is InChI=1S/C29H38N2O11/c1-5-41-22-10-16-17-9-15(42-29(37)27(36)26(35)25(34)20(33)13-32)6-7-19(17)31-24(18(16)11-21(22)38-2)14-8-23(39-3)28(40-4)30-12-14/h8,10-12,15,17,19-20,25-27,32-36H,5-7,9,13H2,1-4H3/t15-,17-,19-,20-,25-,26+,27-/m1/s1. The third-order valence-corrected chi connectivity index (χ3v) is 7.63. The molecule has 2 aliphatic rings. The van der Waals surface area contributed by atoms with Crippen molar-refractivity contribution in [1.29, 1.82) is 0 Å². The van der Waals surface area contributed by atoms with Gasteiger partial charge in [-0.05, 0) is 49.9 Å². The van der Waals surface area contributed by atoms with Crippen LogP contribution in [0.25, 0.3) is 0 Å². The number of nitrogens with zero attached hydrogens (tertiary/aromatic N) is 2. The van der Waals surface area contributed by atoms with Gasteiger partial charge in [-0.2, -0.15) is 0 Å². The second-order valence-corrected chi connectivity index (χ2v) is 10.2. The van der Waals surface area contributed by atoms with E-state index in [2.05, 4.69) is 4.98 Å². The molecule has 1 aliphatic heterocycles. The SMILES string of the molecule is CCOc1cc2c(cc1OC)C(c1cnc(OC)c(OC)c1)=N[C@@H]1CC[C@@H](OC(=O)[C@H](O)[C@@H](O)[C@H](O)[C@H](O)CO)C[C@H]21. The van der Waals surface area contributed by atoms with E-state index in [1.54, 1.807) is 19.4 Å². The van der Waals surface area contributed by atoms with Crippen LogP contribution >= 0.6 is 0 Å². The number of esters is 1. The molecule has 230 valence electrons. The number of hydrogen-bond donors (Lipinski definition) is 5. The molecule has 1 aromatic heterocycles. The number of benzene rings is 1. The van der Waals surface area contributed by atoms with Crippen LogP contribution in [-0.2, 0) is 9.53 Å². The second-order valence-electron chi connectivity index (χ2n) is 10.2. The van der Waals surface area contributed by atoms with Crippen LogP contribution in [0.2, 0.25) is 0 Å². The van der Waals surface area contributed by atoms with Gasteiger partial charge in [0.05, 0.1) is 46.3 Å². The fraction of sp³-hybridized carbons (Fsp3) is 0.552. The predicted octanol–water partition coefficient (Wildman–Crippen LogP) is 0.341. The number of carbonyl (C=O) groups is 1. The third kappa shape index (κ3) is 6.30. The smallest absolute Gasteiger partial charge is 0.338 e. The second kappa shape index (κ2) is 13.7. The van der Waals surface area contributed by atoms with Crippen LogP contribution in [0.1, 0.15) is 48.8 Å². The number of pyridine rings is 1. The summed E-state index contributed by atoms with van der Waals surface area (Å²) in [4.78, 5) is 22.1. The molecule has 2 heterocycles. The number of ether oxygens (including phenoxy) is 5. The molecule has 1 aromatic carbocycles. The summed E-state index contributed by atoms with van der Waals surface area (Å²) >= 11 is 0. The Hall–Kier alpha value is -3.49. The zero-order valence-electron chi connectivity index (χ0n) is 24.0. The Bertz CT molecular complexity index is 1290. The predicted molar refractivity (Wildman–Crippen MR) is 149 cm³/mol. The zero-order chi connectivity index (χ0) is 30.6. The minimum atomic E-state index is -2.12. The summed E-state index contributed by atoms with van der Waals surface area (Å²) < 4.78 is 27.8. The molecule has 1 saturated carbocycles. The summed E-state index contributed by atoms with van der Waals surface area (Å²) in [6, 6.07) is 5.40. The molecular weight excluding hydrogens is 552 g/mol. The first kappa shape index (κ1) is 31.4. The van der Waals surface area contributed by atoms with Gasteiger partial charge in [-0.25, -0.2) is 9.78 Å². The monoisotopic (exact) mass is 590 g/mol. The number of methoxy groups -OCH3 is 3. The molecule has 42 heavy (non-hydrogen) atoms. The quantitative estimate of drug-likeness (QED) is 0.214.